The van der Waals surface area contributed by atoms with E-state index in [1.54, 1.807) is 18.9 Å². The minimum absolute atomic E-state index is 0.0349. The van der Waals surface area contributed by atoms with E-state index in [-0.39, 0.29) is 17.3 Å². The first-order chi connectivity index (χ1) is 19.4. The minimum Gasteiger partial charge on any atom is -0.493 e. The molecule has 4 aromatic rings. The van der Waals surface area contributed by atoms with E-state index in [2.05, 4.69) is 10.4 Å². The fraction of sp³-hybridized carbons (Fsp3) is 0.250. The van der Waals surface area contributed by atoms with Gasteiger partial charge in [-0.3, -0.25) is 14.7 Å². The number of methoxy groups -OCH3 is 2. The first-order valence-electron chi connectivity index (χ1n) is 13.3. The Balaban J connectivity index is 1.47. The molecule has 1 aliphatic carbocycles. The highest BCUT2D eigenvalue weighted by Gasteiger charge is 2.41. The molecule has 204 valence electrons. The number of fused-ring (bicyclic) bond motifs is 1. The number of H-pyrrole nitrogens is 1. The summed E-state index contributed by atoms with van der Waals surface area (Å²) in [6.07, 6.45) is 0.968. The van der Waals surface area contributed by atoms with Gasteiger partial charge in [-0.15, -0.1) is 0 Å². The Morgan fingerprint density at radius 1 is 0.850 bits per heavy atom. The lowest BCUT2D eigenvalue weighted by Crippen LogP contribution is -2.32. The molecule has 0 spiro atoms. The van der Waals surface area contributed by atoms with Crippen LogP contribution < -0.4 is 25.2 Å². The Bertz CT molecular complexity index is 1670. The van der Waals surface area contributed by atoms with Crippen molar-refractivity contribution in [1.29, 1.82) is 0 Å². The molecule has 0 amide bonds. The Morgan fingerprint density at radius 2 is 1.55 bits per heavy atom. The predicted molar refractivity (Wildman–Crippen MR) is 156 cm³/mol. The van der Waals surface area contributed by atoms with Crippen LogP contribution >= 0.6 is 0 Å². The monoisotopic (exact) mass is 536 g/mol. The Labute approximate surface area is 232 Å². The molecule has 6 rings (SSSR count). The van der Waals surface area contributed by atoms with Gasteiger partial charge >= 0.3 is 0 Å². The molecule has 8 nitrogen and oxygen atoms in total. The van der Waals surface area contributed by atoms with Crippen molar-refractivity contribution in [2.45, 2.75) is 24.7 Å². The number of ketones is 1. The molecule has 8 heteroatoms. The van der Waals surface area contributed by atoms with Crippen LogP contribution in [-0.2, 0) is 4.79 Å². The Morgan fingerprint density at radius 3 is 2.23 bits per heavy atom. The van der Waals surface area contributed by atoms with E-state index in [0.29, 0.717) is 41.3 Å². The third-order valence-corrected chi connectivity index (χ3v) is 7.92. The zero-order chi connectivity index (χ0) is 28.0. The van der Waals surface area contributed by atoms with Crippen LogP contribution in [0, 0.1) is 0 Å². The largest absolute Gasteiger partial charge is 0.493 e. The topological polar surface area (TPSA) is 88.6 Å². The van der Waals surface area contributed by atoms with Crippen molar-refractivity contribution in [1.82, 2.24) is 9.78 Å². The number of carbonyl (C=O) groups is 1. The van der Waals surface area contributed by atoms with Crippen LogP contribution in [0.2, 0.25) is 0 Å². The number of nitrogens with zero attached hydrogens (tertiary/aromatic N) is 2. The van der Waals surface area contributed by atoms with Gasteiger partial charge in [0.2, 0.25) is 0 Å². The van der Waals surface area contributed by atoms with E-state index in [1.165, 1.54) is 0 Å². The lowest BCUT2D eigenvalue weighted by atomic mass is 9.72. The average Bonchev–Trinajstić information content (AvgIpc) is 3.31. The second-order valence-corrected chi connectivity index (χ2v) is 10.5. The van der Waals surface area contributed by atoms with Crippen LogP contribution in [0.4, 0.5) is 11.5 Å². The summed E-state index contributed by atoms with van der Waals surface area (Å²) >= 11 is 0. The number of aromatic amines is 1. The Hall–Kier alpha value is -4.72. The van der Waals surface area contributed by atoms with Gasteiger partial charge in [0.05, 0.1) is 25.5 Å². The molecule has 2 heterocycles. The third kappa shape index (κ3) is 4.25. The van der Waals surface area contributed by atoms with Gasteiger partial charge < -0.3 is 19.7 Å². The third-order valence-electron chi connectivity index (χ3n) is 7.92. The maximum absolute atomic E-state index is 14.0. The van der Waals surface area contributed by atoms with Crippen molar-refractivity contribution >= 4 is 17.3 Å². The number of allylic oxidation sites excluding steroid dienone is 2. The number of aromatic nitrogens is 2. The number of hydrogen-bond donors (Lipinski definition) is 2. The molecule has 0 bridgehead atoms. The summed E-state index contributed by atoms with van der Waals surface area (Å²) in [4.78, 5) is 29.9. The molecule has 2 aliphatic rings. The Kier molecular flexibility index (Phi) is 6.46. The van der Waals surface area contributed by atoms with E-state index in [1.807, 2.05) is 91.8 Å². The second kappa shape index (κ2) is 10.1. The van der Waals surface area contributed by atoms with Crippen LogP contribution in [-0.4, -0.2) is 43.9 Å². The molecule has 0 unspecified atom stereocenters. The summed E-state index contributed by atoms with van der Waals surface area (Å²) < 4.78 is 12.5. The van der Waals surface area contributed by atoms with Crippen molar-refractivity contribution in [2.75, 3.05) is 38.5 Å². The van der Waals surface area contributed by atoms with Crippen LogP contribution in [0.5, 0.6) is 11.5 Å². The van der Waals surface area contributed by atoms with Crippen molar-refractivity contribution < 1.29 is 14.3 Å². The van der Waals surface area contributed by atoms with E-state index < -0.39 is 5.92 Å². The summed E-state index contributed by atoms with van der Waals surface area (Å²) in [5, 5.41) is 6.74. The molecule has 0 fully saturated rings. The van der Waals surface area contributed by atoms with Gasteiger partial charge in [0.25, 0.3) is 5.56 Å². The van der Waals surface area contributed by atoms with Crippen LogP contribution in [0.1, 0.15) is 41.4 Å². The van der Waals surface area contributed by atoms with Crippen LogP contribution in [0.3, 0.4) is 0 Å². The van der Waals surface area contributed by atoms with Gasteiger partial charge in [-0.05, 0) is 59.9 Å². The molecule has 1 aliphatic heterocycles. The molecular formula is C32H32N4O4. The molecule has 0 radical (unpaired) electrons. The standard InChI is InChI=1S/C32H32N4O4/c1-35(2)22-13-10-19(11-14-22)28-29-24(33-31-30(28)32(38)36(34-31)23-8-6-5-7-9-23)16-21(17-25(29)37)20-12-15-26(39-3)27(18-20)40-4/h5-15,18,21,28,33-34H,16-17H2,1-4H3/t21-,28-/m0/s1. The summed E-state index contributed by atoms with van der Waals surface area (Å²) in [6.45, 7) is 0. The van der Waals surface area contributed by atoms with E-state index in [4.69, 9.17) is 9.47 Å². The van der Waals surface area contributed by atoms with Gasteiger partial charge in [-0.1, -0.05) is 36.4 Å². The number of nitrogens with one attached hydrogen (secondary N) is 2. The molecule has 40 heavy (non-hydrogen) atoms. The zero-order valence-corrected chi connectivity index (χ0v) is 23.0. The lowest BCUT2D eigenvalue weighted by molar-refractivity contribution is -0.116. The van der Waals surface area contributed by atoms with Crippen LogP contribution in [0.15, 0.2) is 88.9 Å². The van der Waals surface area contributed by atoms with Gasteiger partial charge in [-0.2, -0.15) is 0 Å². The highest BCUT2D eigenvalue weighted by molar-refractivity contribution is 6.01. The summed E-state index contributed by atoms with van der Waals surface area (Å²) in [7, 11) is 7.19. The van der Waals surface area contributed by atoms with Crippen molar-refractivity contribution in [3.8, 4) is 17.2 Å². The summed E-state index contributed by atoms with van der Waals surface area (Å²) in [5.41, 5.74) is 5.59. The maximum atomic E-state index is 14.0. The first-order valence-corrected chi connectivity index (χ1v) is 13.3. The second-order valence-electron chi connectivity index (χ2n) is 10.5. The number of ether oxygens (including phenoxy) is 2. The fourth-order valence-electron chi connectivity index (χ4n) is 5.89. The molecule has 3 aromatic carbocycles. The molecule has 0 saturated heterocycles. The first kappa shape index (κ1) is 25.6. The summed E-state index contributed by atoms with van der Waals surface area (Å²) in [5.74, 6) is 1.42. The summed E-state index contributed by atoms with van der Waals surface area (Å²) in [6, 6.07) is 23.4. The van der Waals surface area contributed by atoms with E-state index in [0.717, 1.165) is 28.2 Å². The van der Waals surface area contributed by atoms with Crippen molar-refractivity contribution in [3.63, 3.8) is 0 Å². The van der Waals surface area contributed by atoms with Crippen molar-refractivity contribution in [3.05, 3.63) is 111 Å². The zero-order valence-electron chi connectivity index (χ0n) is 23.0. The molecule has 2 N–H and O–H groups in total. The van der Waals surface area contributed by atoms with Gasteiger partial charge in [-0.25, -0.2) is 4.68 Å². The maximum Gasteiger partial charge on any atom is 0.277 e. The fourth-order valence-corrected chi connectivity index (χ4v) is 5.89. The predicted octanol–water partition coefficient (Wildman–Crippen LogP) is 5.21. The van der Waals surface area contributed by atoms with E-state index in [9.17, 15) is 9.59 Å². The van der Waals surface area contributed by atoms with Gasteiger partial charge in [0.15, 0.2) is 17.3 Å². The molecular weight excluding hydrogens is 504 g/mol. The van der Waals surface area contributed by atoms with Crippen molar-refractivity contribution in [2.24, 2.45) is 0 Å². The number of hydrogen-bond acceptors (Lipinski definition) is 6. The number of rotatable bonds is 6. The normalized spacial score (nSPS) is 18.1. The number of benzene rings is 3. The van der Waals surface area contributed by atoms with E-state index >= 15 is 0 Å². The highest BCUT2D eigenvalue weighted by Crippen LogP contribution is 2.47. The number of Topliss-reactive ketones (excluding diaryl/α,β-unsaturated/α-hetero) is 1. The highest BCUT2D eigenvalue weighted by atomic mass is 16.5. The lowest BCUT2D eigenvalue weighted by Gasteiger charge is -2.34. The number of para-hydroxylation sites is 1. The average molecular weight is 537 g/mol. The minimum atomic E-state index is -0.477. The number of anilines is 2. The van der Waals surface area contributed by atoms with Crippen LogP contribution in [0.25, 0.3) is 5.69 Å². The molecule has 0 saturated carbocycles. The van der Waals surface area contributed by atoms with Gasteiger partial charge in [0.1, 0.15) is 5.82 Å². The smallest absolute Gasteiger partial charge is 0.277 e. The molecule has 2 atom stereocenters. The quantitative estimate of drug-likeness (QED) is 0.352. The SMILES string of the molecule is COc1ccc([C@@H]2CC(=O)C3=C(C2)Nc2[nH]n(-c4ccccc4)c(=O)c2[C@H]3c2ccc(N(C)C)cc2)cc1OC. The molecule has 1 aromatic heterocycles. The number of carbonyl (C=O) groups excluding carboxylic acids is 1. The van der Waals surface area contributed by atoms with Gasteiger partial charge in [0, 0.05) is 43.4 Å².